The molecule has 0 unspecified atom stereocenters. The molecule has 1 aromatic carbocycles. The first-order valence-corrected chi connectivity index (χ1v) is 5.68. The third kappa shape index (κ3) is 3.25. The summed E-state index contributed by atoms with van der Waals surface area (Å²) in [5.41, 5.74) is 6.64. The highest BCUT2D eigenvalue weighted by Gasteiger charge is 2.10. The number of hydrogen-bond donors (Lipinski definition) is 2. The molecular formula is C13H13FN4O. The molecule has 0 saturated carbocycles. The largest absolute Gasteiger partial charge is 0.398 e. The Hall–Kier alpha value is -2.50. The smallest absolute Gasteiger partial charge is 0.253 e. The molecule has 6 heteroatoms. The number of aryl methyl sites for hydroxylation is 1. The van der Waals surface area contributed by atoms with Gasteiger partial charge in [0.2, 0.25) is 0 Å². The van der Waals surface area contributed by atoms with Crippen molar-refractivity contribution in [3.8, 4) is 0 Å². The zero-order valence-corrected chi connectivity index (χ0v) is 10.4. The van der Waals surface area contributed by atoms with Crippen molar-refractivity contribution in [2.24, 2.45) is 0 Å². The maximum Gasteiger partial charge on any atom is 0.253 e. The van der Waals surface area contributed by atoms with E-state index in [2.05, 4.69) is 15.3 Å². The molecule has 98 valence electrons. The van der Waals surface area contributed by atoms with Crippen molar-refractivity contribution in [3.63, 3.8) is 0 Å². The van der Waals surface area contributed by atoms with E-state index >= 15 is 0 Å². The van der Waals surface area contributed by atoms with E-state index in [1.165, 1.54) is 12.1 Å². The van der Waals surface area contributed by atoms with Gasteiger partial charge in [-0.3, -0.25) is 4.79 Å². The molecule has 0 saturated heterocycles. The maximum atomic E-state index is 12.9. The highest BCUT2D eigenvalue weighted by atomic mass is 19.1. The van der Waals surface area contributed by atoms with Crippen LogP contribution in [-0.4, -0.2) is 15.9 Å². The van der Waals surface area contributed by atoms with Crippen molar-refractivity contribution in [3.05, 3.63) is 53.4 Å². The van der Waals surface area contributed by atoms with Gasteiger partial charge in [-0.05, 0) is 31.2 Å². The van der Waals surface area contributed by atoms with Gasteiger partial charge in [-0.15, -0.1) is 0 Å². The number of nitrogen functional groups attached to an aromatic ring is 1. The van der Waals surface area contributed by atoms with E-state index in [9.17, 15) is 9.18 Å². The van der Waals surface area contributed by atoms with Crippen LogP contribution >= 0.6 is 0 Å². The summed E-state index contributed by atoms with van der Waals surface area (Å²) in [7, 11) is 0. The number of carbonyl (C=O) groups excluding carboxylic acids is 1. The first-order valence-electron chi connectivity index (χ1n) is 5.68. The van der Waals surface area contributed by atoms with Crippen LogP contribution in [0.3, 0.4) is 0 Å². The van der Waals surface area contributed by atoms with Crippen LogP contribution in [0.5, 0.6) is 0 Å². The minimum absolute atomic E-state index is 0.108. The molecule has 2 aromatic rings. The maximum absolute atomic E-state index is 12.9. The third-order valence-electron chi connectivity index (χ3n) is 2.52. The van der Waals surface area contributed by atoms with Crippen molar-refractivity contribution in [2.75, 3.05) is 5.73 Å². The van der Waals surface area contributed by atoms with Crippen LogP contribution in [0, 0.1) is 12.7 Å². The van der Waals surface area contributed by atoms with Gasteiger partial charge in [0, 0.05) is 11.9 Å². The van der Waals surface area contributed by atoms with Crippen LogP contribution in [0.4, 0.5) is 10.1 Å². The quantitative estimate of drug-likeness (QED) is 0.818. The van der Waals surface area contributed by atoms with Crippen molar-refractivity contribution >= 4 is 11.6 Å². The van der Waals surface area contributed by atoms with Crippen LogP contribution in [0.2, 0.25) is 0 Å². The fourth-order valence-electron chi connectivity index (χ4n) is 1.61. The molecule has 1 amide bonds. The van der Waals surface area contributed by atoms with Crippen molar-refractivity contribution in [2.45, 2.75) is 13.5 Å². The lowest BCUT2D eigenvalue weighted by atomic mass is 10.1. The Balaban J connectivity index is 2.05. The second-order valence-electron chi connectivity index (χ2n) is 4.01. The zero-order chi connectivity index (χ0) is 13.8. The van der Waals surface area contributed by atoms with Crippen LogP contribution in [0.1, 0.15) is 21.9 Å². The molecule has 0 aliphatic rings. The molecule has 3 N–H and O–H groups in total. The summed E-state index contributed by atoms with van der Waals surface area (Å²) in [6, 6.07) is 5.37. The molecule has 0 fully saturated rings. The number of amides is 1. The fourth-order valence-corrected chi connectivity index (χ4v) is 1.61. The van der Waals surface area contributed by atoms with E-state index in [1.807, 2.05) is 0 Å². The number of halogens is 1. The van der Waals surface area contributed by atoms with Gasteiger partial charge in [0.1, 0.15) is 11.6 Å². The fraction of sp³-hybridized carbons (Fsp3) is 0.154. The lowest BCUT2D eigenvalue weighted by molar-refractivity contribution is 0.0951. The molecule has 0 aliphatic heterocycles. The van der Waals surface area contributed by atoms with Crippen molar-refractivity contribution in [1.29, 1.82) is 0 Å². The van der Waals surface area contributed by atoms with Crippen LogP contribution in [0.15, 0.2) is 30.5 Å². The number of nitrogens with one attached hydrogen (secondary N) is 1. The number of aromatic nitrogens is 2. The van der Waals surface area contributed by atoms with Crippen molar-refractivity contribution in [1.82, 2.24) is 15.3 Å². The van der Waals surface area contributed by atoms with Crippen LogP contribution < -0.4 is 11.1 Å². The standard InChI is InChI=1S/C13H13FN4O/c1-8-16-5-4-10(18-8)7-17-13(19)11-3-2-9(14)6-12(11)15/h2-6H,7,15H2,1H3,(H,17,19). The Morgan fingerprint density at radius 3 is 2.89 bits per heavy atom. The van der Waals surface area contributed by atoms with Gasteiger partial charge in [-0.2, -0.15) is 0 Å². The number of hydrogen-bond acceptors (Lipinski definition) is 4. The Morgan fingerprint density at radius 2 is 2.21 bits per heavy atom. The number of benzene rings is 1. The highest BCUT2D eigenvalue weighted by Crippen LogP contribution is 2.13. The number of anilines is 1. The zero-order valence-electron chi connectivity index (χ0n) is 10.4. The van der Waals surface area contributed by atoms with Crippen LogP contribution in [-0.2, 0) is 6.54 Å². The third-order valence-corrected chi connectivity index (χ3v) is 2.52. The van der Waals surface area contributed by atoms with Gasteiger partial charge in [0.25, 0.3) is 5.91 Å². The highest BCUT2D eigenvalue weighted by molar-refractivity contribution is 5.99. The van der Waals surface area contributed by atoms with E-state index < -0.39 is 5.82 Å². The first kappa shape index (κ1) is 12.9. The van der Waals surface area contributed by atoms with Gasteiger partial charge in [-0.1, -0.05) is 0 Å². The van der Waals surface area contributed by atoms with E-state index in [1.54, 1.807) is 19.2 Å². The molecule has 0 bridgehead atoms. The second kappa shape index (κ2) is 5.43. The number of carbonyl (C=O) groups is 1. The van der Waals surface area contributed by atoms with E-state index in [0.717, 1.165) is 6.07 Å². The molecule has 0 aliphatic carbocycles. The first-order chi connectivity index (χ1) is 9.06. The summed E-state index contributed by atoms with van der Waals surface area (Å²) >= 11 is 0. The lowest BCUT2D eigenvalue weighted by Crippen LogP contribution is -2.24. The SMILES string of the molecule is Cc1nccc(CNC(=O)c2ccc(F)cc2N)n1. The molecular weight excluding hydrogens is 247 g/mol. The van der Waals surface area contributed by atoms with Crippen LogP contribution in [0.25, 0.3) is 0 Å². The Bertz CT molecular complexity index is 615. The summed E-state index contributed by atoms with van der Waals surface area (Å²) in [6.07, 6.45) is 1.62. The van der Waals surface area contributed by atoms with Gasteiger partial charge < -0.3 is 11.1 Å². The summed E-state index contributed by atoms with van der Waals surface area (Å²) in [5, 5.41) is 2.67. The van der Waals surface area contributed by atoms with Gasteiger partial charge in [0.05, 0.1) is 17.8 Å². The van der Waals surface area contributed by atoms with E-state index in [-0.39, 0.29) is 23.7 Å². The average Bonchev–Trinajstić information content (AvgIpc) is 2.36. The number of nitrogens with zero attached hydrogens (tertiary/aromatic N) is 2. The minimum Gasteiger partial charge on any atom is -0.398 e. The second-order valence-corrected chi connectivity index (χ2v) is 4.01. The summed E-state index contributed by atoms with van der Waals surface area (Å²) in [6.45, 7) is 2.03. The molecule has 0 radical (unpaired) electrons. The van der Waals surface area contributed by atoms with Gasteiger partial charge in [0.15, 0.2) is 0 Å². The summed E-state index contributed by atoms with van der Waals surface area (Å²) in [4.78, 5) is 20.0. The predicted molar refractivity (Wildman–Crippen MR) is 68.8 cm³/mol. The Kier molecular flexibility index (Phi) is 3.70. The van der Waals surface area contributed by atoms with E-state index in [0.29, 0.717) is 11.5 Å². The Labute approximate surface area is 109 Å². The Morgan fingerprint density at radius 1 is 1.42 bits per heavy atom. The molecule has 0 atom stereocenters. The molecule has 19 heavy (non-hydrogen) atoms. The monoisotopic (exact) mass is 260 g/mol. The molecule has 0 spiro atoms. The van der Waals surface area contributed by atoms with Gasteiger partial charge >= 0.3 is 0 Å². The topological polar surface area (TPSA) is 80.9 Å². The molecule has 1 heterocycles. The summed E-state index contributed by atoms with van der Waals surface area (Å²) < 4.78 is 12.9. The summed E-state index contributed by atoms with van der Waals surface area (Å²) in [5.74, 6) is -0.206. The molecule has 1 aromatic heterocycles. The number of rotatable bonds is 3. The molecule has 5 nitrogen and oxygen atoms in total. The van der Waals surface area contributed by atoms with E-state index in [4.69, 9.17) is 5.73 Å². The lowest BCUT2D eigenvalue weighted by Gasteiger charge is -2.07. The van der Waals surface area contributed by atoms with Gasteiger partial charge in [-0.25, -0.2) is 14.4 Å². The average molecular weight is 260 g/mol. The minimum atomic E-state index is -0.472. The normalized spacial score (nSPS) is 10.2. The molecule has 2 rings (SSSR count). The number of nitrogens with two attached hydrogens (primary N) is 1. The van der Waals surface area contributed by atoms with Crippen molar-refractivity contribution < 1.29 is 9.18 Å². The predicted octanol–water partition coefficient (Wildman–Crippen LogP) is 1.44.